The van der Waals surface area contributed by atoms with Gasteiger partial charge in [0.15, 0.2) is 22.4 Å². The molecule has 0 aliphatic rings. The zero-order valence-corrected chi connectivity index (χ0v) is 24.5. The van der Waals surface area contributed by atoms with E-state index in [4.69, 9.17) is 0 Å². The molecule has 0 aliphatic heterocycles. The molecule has 48 heavy (non-hydrogen) atoms. The minimum absolute atomic E-state index is 1.07. The summed E-state index contributed by atoms with van der Waals surface area (Å²) in [5, 5.41) is 205. The summed E-state index contributed by atoms with van der Waals surface area (Å²) in [6.45, 7) is -21.8. The third-order valence-corrected chi connectivity index (χ3v) is 7.99. The maximum atomic E-state index is 12.5. The van der Waals surface area contributed by atoms with Gasteiger partial charge in [0, 0.05) is 13.1 Å². The Morgan fingerprint density at radius 3 is 0.542 bits per heavy atom. The first kappa shape index (κ1) is 45.2. The third kappa shape index (κ3) is 6.32. The zero-order chi connectivity index (χ0) is 38.5. The highest BCUT2D eigenvalue weighted by atomic mass is 16.5. The van der Waals surface area contributed by atoms with E-state index in [-0.39, 0.29) is 0 Å². The summed E-state index contributed by atoms with van der Waals surface area (Å²) in [6, 6.07) is 0. The largest absolute Gasteiger partial charge is 0.478 e. The molecule has 26 heteroatoms. The zero-order valence-electron chi connectivity index (χ0n) is 24.5. The number of hydrogen-bond acceptors (Lipinski definition) is 22. The number of carboxylic acid groups (broad SMARTS) is 4. The van der Waals surface area contributed by atoms with Gasteiger partial charge in [-0.3, -0.25) is 0 Å². The molecule has 0 aromatic heterocycles. The highest BCUT2D eigenvalue weighted by Crippen LogP contribution is 2.41. The Balaban J connectivity index is 8.68. The first-order valence-electron chi connectivity index (χ1n) is 12.9. The van der Waals surface area contributed by atoms with Crippen LogP contribution in [0.4, 0.5) is 0 Å². The molecule has 0 saturated carbocycles. The molecular weight excluding hydrogens is 676 g/mol. The van der Waals surface area contributed by atoms with Crippen molar-refractivity contribution in [3.8, 4) is 0 Å². The van der Waals surface area contributed by atoms with E-state index in [0.29, 0.717) is 0 Å². The fourth-order valence-corrected chi connectivity index (χ4v) is 4.66. The van der Waals surface area contributed by atoms with Gasteiger partial charge in [0.25, 0.3) is 22.9 Å². The van der Waals surface area contributed by atoms with Gasteiger partial charge < -0.3 is 102 Å². The van der Waals surface area contributed by atoms with Crippen molar-refractivity contribution in [2.75, 3.05) is 65.9 Å². The summed E-state index contributed by atoms with van der Waals surface area (Å²) in [5.74, 6) is -12.0. The van der Waals surface area contributed by atoms with Crippen LogP contribution in [0.25, 0.3) is 0 Å². The van der Waals surface area contributed by atoms with Crippen molar-refractivity contribution in [1.82, 2.24) is 9.80 Å². The van der Waals surface area contributed by atoms with Crippen LogP contribution in [-0.2, 0) is 19.2 Å². The number of nitrogens with zero attached hydrogens (tertiary/aromatic N) is 2. The van der Waals surface area contributed by atoms with E-state index >= 15 is 0 Å². The molecule has 282 valence electrons. The predicted octanol–water partition coefficient (Wildman–Crippen LogP) is -12.5. The van der Waals surface area contributed by atoms with Crippen molar-refractivity contribution in [3.63, 3.8) is 0 Å². The molecule has 0 aromatic rings. The molecule has 0 amide bonds. The van der Waals surface area contributed by atoms with Crippen LogP contribution in [0.3, 0.4) is 0 Å². The van der Waals surface area contributed by atoms with Gasteiger partial charge in [-0.15, -0.1) is 0 Å². The SMILES string of the molecule is O=C(O)[C@@](O)(N(CCN([C@](O)(C(=O)O)C(O)(CO)CO)[C@](O)(C(=O)O)C(O)(CO)CO)[C@](O)(C(=O)O)C(O)(CO)CO)C(O)(CO)CO. The van der Waals surface area contributed by atoms with Crippen molar-refractivity contribution >= 4 is 23.9 Å². The molecule has 0 rings (SSSR count). The molecule has 0 aromatic carbocycles. The lowest BCUT2D eigenvalue weighted by atomic mass is 9.81. The van der Waals surface area contributed by atoms with E-state index in [1.165, 1.54) is 0 Å². The monoisotopic (exact) mass is 716 g/mol. The summed E-state index contributed by atoms with van der Waals surface area (Å²) in [6.07, 6.45) is 0. The van der Waals surface area contributed by atoms with E-state index in [9.17, 15) is 121 Å². The van der Waals surface area contributed by atoms with E-state index in [0.717, 1.165) is 0 Å². The van der Waals surface area contributed by atoms with Crippen LogP contribution in [0.1, 0.15) is 0 Å². The molecule has 20 N–H and O–H groups in total. The summed E-state index contributed by atoms with van der Waals surface area (Å²) in [7, 11) is 0. The molecule has 0 saturated heterocycles. The number of aliphatic carboxylic acids is 4. The second-order valence-electron chi connectivity index (χ2n) is 10.6. The predicted molar refractivity (Wildman–Crippen MR) is 140 cm³/mol. The maximum absolute atomic E-state index is 12.5. The normalized spacial score (nSPS) is 18.5. The number of hydrogen-bond donors (Lipinski definition) is 20. The van der Waals surface area contributed by atoms with Crippen molar-refractivity contribution in [2.24, 2.45) is 0 Å². The van der Waals surface area contributed by atoms with Crippen LogP contribution in [-0.4, -0.2) is 247 Å². The highest BCUT2D eigenvalue weighted by Gasteiger charge is 2.74. The van der Waals surface area contributed by atoms with Crippen molar-refractivity contribution in [3.05, 3.63) is 0 Å². The van der Waals surface area contributed by atoms with Crippen LogP contribution >= 0.6 is 0 Å². The molecule has 26 nitrogen and oxygen atoms in total. The van der Waals surface area contributed by atoms with Crippen molar-refractivity contribution in [2.45, 2.75) is 45.3 Å². The second kappa shape index (κ2) is 15.4. The smallest absolute Gasteiger partial charge is 0.354 e. The third-order valence-electron chi connectivity index (χ3n) is 7.99. The fraction of sp³-hybridized carbons (Fsp3) is 0.818. The van der Waals surface area contributed by atoms with Crippen LogP contribution in [0.15, 0.2) is 0 Å². The lowest BCUT2D eigenvalue weighted by Gasteiger charge is -2.56. The molecule has 0 heterocycles. The molecule has 0 aliphatic carbocycles. The molecule has 0 spiro atoms. The van der Waals surface area contributed by atoms with Crippen LogP contribution in [0.2, 0.25) is 0 Å². The molecule has 0 radical (unpaired) electrons. The summed E-state index contributed by atoms with van der Waals surface area (Å²) in [4.78, 5) is 47.7. The molecule has 0 unspecified atom stereocenters. The summed E-state index contributed by atoms with van der Waals surface area (Å²) >= 11 is 0. The first-order valence-corrected chi connectivity index (χ1v) is 12.9. The van der Waals surface area contributed by atoms with Gasteiger partial charge in [0.1, 0.15) is 0 Å². The number of aliphatic hydroxyl groups excluding tert-OH is 8. The average Bonchev–Trinajstić information content (AvgIpc) is 3.06. The Morgan fingerprint density at radius 1 is 0.333 bits per heavy atom. The average molecular weight is 717 g/mol. The fourth-order valence-electron chi connectivity index (χ4n) is 4.66. The molecule has 0 fully saturated rings. The first-order chi connectivity index (χ1) is 21.7. The minimum atomic E-state index is -4.80. The lowest BCUT2D eigenvalue weighted by molar-refractivity contribution is -0.351. The second-order valence-corrected chi connectivity index (χ2v) is 10.6. The minimum Gasteiger partial charge on any atom is -0.478 e. The Kier molecular flexibility index (Phi) is 14.5. The van der Waals surface area contributed by atoms with E-state index in [2.05, 4.69) is 0 Å². The lowest BCUT2D eigenvalue weighted by Crippen LogP contribution is -2.85. The van der Waals surface area contributed by atoms with Gasteiger partial charge in [-0.25, -0.2) is 29.0 Å². The Morgan fingerprint density at radius 2 is 0.458 bits per heavy atom. The van der Waals surface area contributed by atoms with Crippen LogP contribution in [0, 0.1) is 0 Å². The standard InChI is InChI=1S/C22H40N2O24/c25-3-15(41,4-26)19(45,11(33)34)23(20(46,12(35)36)16(42,5-27)6-28)1-2-24(21(47,13(37)38)17(43,7-29)8-30)22(48,14(39)40)18(44,9-31)10-32/h25-32,41-48H,1-10H2,(H,33,34)(H,35,36)(H,37,38)(H,39,40)/t19-,20-,21-,22-/m0/s1. The topological polar surface area (TPSA) is 479 Å². The summed E-state index contributed by atoms with van der Waals surface area (Å²) < 4.78 is 0. The highest BCUT2D eigenvalue weighted by molar-refractivity contribution is 5.84. The van der Waals surface area contributed by atoms with E-state index in [1.807, 2.05) is 0 Å². The number of rotatable bonds is 23. The molecular formula is C22H40N2O24. The van der Waals surface area contributed by atoms with Crippen LogP contribution < -0.4 is 0 Å². The number of aliphatic hydroxyl groups is 16. The summed E-state index contributed by atoms with van der Waals surface area (Å²) in [5.41, 5.74) is -35.4. The van der Waals surface area contributed by atoms with E-state index < -0.39 is 145 Å². The maximum Gasteiger partial charge on any atom is 0.354 e. The van der Waals surface area contributed by atoms with Gasteiger partial charge >= 0.3 is 23.9 Å². The van der Waals surface area contributed by atoms with Gasteiger partial charge in [-0.1, -0.05) is 0 Å². The Bertz CT molecular complexity index is 983. The Labute approximate surface area is 266 Å². The molecule has 0 bridgehead atoms. The van der Waals surface area contributed by atoms with Gasteiger partial charge in [-0.05, 0) is 0 Å². The number of carboxylic acids is 4. The quantitative estimate of drug-likeness (QED) is 0.0436. The van der Waals surface area contributed by atoms with Gasteiger partial charge in [0.2, 0.25) is 0 Å². The van der Waals surface area contributed by atoms with Crippen molar-refractivity contribution < 1.29 is 121 Å². The van der Waals surface area contributed by atoms with Crippen LogP contribution in [0.5, 0.6) is 0 Å². The Hall–Kier alpha value is -2.84. The van der Waals surface area contributed by atoms with Gasteiger partial charge in [-0.2, -0.15) is 0 Å². The van der Waals surface area contributed by atoms with Crippen molar-refractivity contribution in [1.29, 1.82) is 0 Å². The molecule has 4 atom stereocenters. The van der Waals surface area contributed by atoms with Gasteiger partial charge in [0.05, 0.1) is 52.9 Å². The van der Waals surface area contributed by atoms with E-state index in [1.54, 1.807) is 0 Å². The number of carbonyl (C=O) groups is 4.